The molecule has 4 rings (SSSR count). The molecule has 150 valence electrons. The fraction of sp³-hybridized carbons (Fsp3) is 0.0833. The van der Waals surface area contributed by atoms with Crippen LogP contribution in [0.25, 0.3) is 21.9 Å². The molecule has 0 aliphatic carbocycles. The van der Waals surface area contributed by atoms with Gasteiger partial charge in [0.15, 0.2) is 5.09 Å². The first-order chi connectivity index (χ1) is 14.7. The number of furan rings is 1. The van der Waals surface area contributed by atoms with Gasteiger partial charge < -0.3 is 15.6 Å². The summed E-state index contributed by atoms with van der Waals surface area (Å²) in [7, 11) is 0. The second kappa shape index (κ2) is 8.88. The van der Waals surface area contributed by atoms with Crippen LogP contribution >= 0.6 is 11.8 Å². The first-order valence-corrected chi connectivity index (χ1v) is 10.6. The number of carbonyl (C=O) groups excluding carboxylic acids is 1. The highest BCUT2D eigenvalue weighted by molar-refractivity contribution is 7.99. The van der Waals surface area contributed by atoms with E-state index in [9.17, 15) is 4.79 Å². The second-order valence-corrected chi connectivity index (χ2v) is 7.96. The molecular formula is C24H21N3O2S. The number of hydrogen-bond acceptors (Lipinski definition) is 5. The molecule has 3 aromatic carbocycles. The summed E-state index contributed by atoms with van der Waals surface area (Å²) >= 11 is 1.64. The Morgan fingerprint density at radius 2 is 1.97 bits per heavy atom. The lowest BCUT2D eigenvalue weighted by Gasteiger charge is -2.11. The molecule has 3 N–H and O–H groups in total. The van der Waals surface area contributed by atoms with Crippen molar-refractivity contribution >= 4 is 40.3 Å². The van der Waals surface area contributed by atoms with Gasteiger partial charge in [0.25, 0.3) is 5.91 Å². The predicted molar refractivity (Wildman–Crippen MR) is 124 cm³/mol. The van der Waals surface area contributed by atoms with Crippen LogP contribution in [0.2, 0.25) is 0 Å². The Morgan fingerprint density at radius 1 is 1.13 bits per heavy atom. The summed E-state index contributed by atoms with van der Waals surface area (Å²) in [5.74, 6) is 6.08. The van der Waals surface area contributed by atoms with Crippen LogP contribution in [0.3, 0.4) is 0 Å². The minimum Gasteiger partial charge on any atom is -0.457 e. The Labute approximate surface area is 179 Å². The molecule has 0 saturated heterocycles. The summed E-state index contributed by atoms with van der Waals surface area (Å²) in [5.41, 5.74) is 4.06. The van der Waals surface area contributed by atoms with Crippen LogP contribution in [0.1, 0.15) is 22.8 Å². The van der Waals surface area contributed by atoms with Gasteiger partial charge in [-0.2, -0.15) is 5.10 Å². The molecule has 30 heavy (non-hydrogen) atoms. The third-order valence-electron chi connectivity index (χ3n) is 4.67. The van der Waals surface area contributed by atoms with Crippen LogP contribution in [0, 0.1) is 0 Å². The standard InChI is InChI=1S/C24H21N3O2S/c1-2-30-23-13-19(15-29-23)22-12-18(24(28)27-20-6-4-3-5-7-20)11-17-9-8-16(14-26-25)10-21(17)22/h3-15H,2,25H2,1H3,(H,27,28). The zero-order valence-electron chi connectivity index (χ0n) is 16.5. The van der Waals surface area contributed by atoms with E-state index in [1.165, 1.54) is 0 Å². The van der Waals surface area contributed by atoms with Crippen LogP contribution in [0.4, 0.5) is 5.69 Å². The number of thioether (sulfide) groups is 1. The molecule has 0 spiro atoms. The number of fused-ring (bicyclic) bond motifs is 1. The highest BCUT2D eigenvalue weighted by Gasteiger charge is 2.14. The van der Waals surface area contributed by atoms with E-state index in [-0.39, 0.29) is 5.91 Å². The zero-order chi connectivity index (χ0) is 20.9. The van der Waals surface area contributed by atoms with Crippen molar-refractivity contribution in [2.45, 2.75) is 12.0 Å². The lowest BCUT2D eigenvalue weighted by Crippen LogP contribution is -2.12. The number of hydrazone groups is 1. The molecule has 0 unspecified atom stereocenters. The number of nitrogens with two attached hydrogens (primary N) is 1. The molecule has 0 fully saturated rings. The Kier molecular flexibility index (Phi) is 5.86. The average molecular weight is 416 g/mol. The number of hydrogen-bond donors (Lipinski definition) is 2. The van der Waals surface area contributed by atoms with Crippen LogP contribution < -0.4 is 11.2 Å². The predicted octanol–water partition coefficient (Wildman–Crippen LogP) is 5.76. The van der Waals surface area contributed by atoms with E-state index in [1.807, 2.05) is 66.7 Å². The Hall–Kier alpha value is -3.51. The average Bonchev–Trinajstić information content (AvgIpc) is 3.22. The third kappa shape index (κ3) is 4.23. The minimum atomic E-state index is -0.163. The van der Waals surface area contributed by atoms with Gasteiger partial charge in [0.2, 0.25) is 0 Å². The smallest absolute Gasteiger partial charge is 0.255 e. The number of para-hydroxylation sites is 1. The molecule has 0 radical (unpaired) electrons. The lowest BCUT2D eigenvalue weighted by molar-refractivity contribution is 0.102. The van der Waals surface area contributed by atoms with E-state index >= 15 is 0 Å². The topological polar surface area (TPSA) is 80.6 Å². The molecule has 0 bridgehead atoms. The Morgan fingerprint density at radius 3 is 2.73 bits per heavy atom. The van der Waals surface area contributed by atoms with E-state index in [0.29, 0.717) is 5.56 Å². The van der Waals surface area contributed by atoms with Crippen molar-refractivity contribution in [3.63, 3.8) is 0 Å². The van der Waals surface area contributed by atoms with E-state index in [2.05, 4.69) is 17.3 Å². The highest BCUT2D eigenvalue weighted by atomic mass is 32.2. The molecule has 1 amide bonds. The van der Waals surface area contributed by atoms with Gasteiger partial charge in [-0.3, -0.25) is 4.79 Å². The fourth-order valence-corrected chi connectivity index (χ4v) is 3.92. The summed E-state index contributed by atoms with van der Waals surface area (Å²) in [6.45, 7) is 2.08. The van der Waals surface area contributed by atoms with Gasteiger partial charge in [-0.15, -0.1) is 0 Å². The lowest BCUT2D eigenvalue weighted by atomic mass is 9.95. The number of amides is 1. The van der Waals surface area contributed by atoms with Crippen LogP contribution in [-0.4, -0.2) is 17.9 Å². The van der Waals surface area contributed by atoms with E-state index in [4.69, 9.17) is 10.3 Å². The summed E-state index contributed by atoms with van der Waals surface area (Å²) in [6.07, 6.45) is 3.34. The molecule has 0 aliphatic rings. The van der Waals surface area contributed by atoms with Gasteiger partial charge in [0.05, 0.1) is 12.5 Å². The SMILES string of the molecule is CCSc1cc(-c2cc(C(=O)Nc3ccccc3)cc3ccc(C=NN)cc23)co1. The molecule has 0 atom stereocenters. The maximum Gasteiger partial charge on any atom is 0.255 e. The van der Waals surface area contributed by atoms with Crippen molar-refractivity contribution in [2.75, 3.05) is 11.1 Å². The summed E-state index contributed by atoms with van der Waals surface area (Å²) < 4.78 is 5.70. The van der Waals surface area contributed by atoms with Gasteiger partial charge in [-0.1, -0.05) is 49.0 Å². The van der Waals surface area contributed by atoms with E-state index in [0.717, 1.165) is 44.0 Å². The number of carbonyl (C=O) groups is 1. The molecule has 0 aliphatic heterocycles. The quantitative estimate of drug-likeness (QED) is 0.182. The third-order valence-corrected chi connectivity index (χ3v) is 5.46. The molecule has 6 heteroatoms. The van der Waals surface area contributed by atoms with E-state index in [1.54, 1.807) is 24.2 Å². The Balaban J connectivity index is 1.82. The molecule has 1 heterocycles. The summed E-state index contributed by atoms with van der Waals surface area (Å²) in [6, 6.07) is 21.1. The maximum absolute atomic E-state index is 12.9. The van der Waals surface area contributed by atoms with Gasteiger partial charge in [-0.25, -0.2) is 0 Å². The van der Waals surface area contributed by atoms with E-state index < -0.39 is 0 Å². The molecule has 0 saturated carbocycles. The summed E-state index contributed by atoms with van der Waals surface area (Å²) in [5, 5.41) is 9.37. The molecule has 4 aromatic rings. The number of nitrogens with zero attached hydrogens (tertiary/aromatic N) is 1. The Bertz CT molecular complexity index is 1220. The van der Waals surface area contributed by atoms with Gasteiger partial charge in [-0.05, 0) is 64.1 Å². The summed E-state index contributed by atoms with van der Waals surface area (Å²) in [4.78, 5) is 12.9. The normalized spacial score (nSPS) is 11.2. The molecule has 1 aromatic heterocycles. The number of nitrogens with one attached hydrogen (secondary N) is 1. The van der Waals surface area contributed by atoms with Gasteiger partial charge in [0.1, 0.15) is 0 Å². The minimum absolute atomic E-state index is 0.163. The first-order valence-electron chi connectivity index (χ1n) is 9.57. The van der Waals surface area contributed by atoms with Crippen molar-refractivity contribution in [2.24, 2.45) is 10.9 Å². The van der Waals surface area contributed by atoms with Crippen LogP contribution in [-0.2, 0) is 0 Å². The van der Waals surface area contributed by atoms with Gasteiger partial charge >= 0.3 is 0 Å². The molecule has 5 nitrogen and oxygen atoms in total. The number of anilines is 1. The number of rotatable bonds is 6. The van der Waals surface area contributed by atoms with Crippen molar-refractivity contribution in [3.05, 3.63) is 84.1 Å². The number of benzene rings is 3. The first kappa shape index (κ1) is 19.8. The van der Waals surface area contributed by atoms with Crippen molar-refractivity contribution < 1.29 is 9.21 Å². The van der Waals surface area contributed by atoms with Crippen molar-refractivity contribution in [1.29, 1.82) is 0 Å². The maximum atomic E-state index is 12.9. The van der Waals surface area contributed by atoms with Crippen molar-refractivity contribution in [3.8, 4) is 11.1 Å². The largest absolute Gasteiger partial charge is 0.457 e. The van der Waals surface area contributed by atoms with Gasteiger partial charge in [0, 0.05) is 16.8 Å². The zero-order valence-corrected chi connectivity index (χ0v) is 17.3. The van der Waals surface area contributed by atoms with Crippen molar-refractivity contribution in [1.82, 2.24) is 0 Å². The monoisotopic (exact) mass is 415 g/mol. The fourth-order valence-electron chi connectivity index (χ4n) is 3.31. The highest BCUT2D eigenvalue weighted by Crippen LogP contribution is 2.34. The van der Waals surface area contributed by atoms with Crippen LogP contribution in [0.15, 0.2) is 87.6 Å². The van der Waals surface area contributed by atoms with Crippen LogP contribution in [0.5, 0.6) is 0 Å². The molecular weight excluding hydrogens is 394 g/mol. The second-order valence-electron chi connectivity index (χ2n) is 6.69.